The van der Waals surface area contributed by atoms with E-state index in [2.05, 4.69) is 0 Å². The molecular weight excluding hydrogens is 456 g/mol. The number of benzene rings is 2. The fourth-order valence-corrected chi connectivity index (χ4v) is 5.31. The summed E-state index contributed by atoms with van der Waals surface area (Å²) in [6.45, 7) is 2.79. The maximum atomic E-state index is 12.3. The van der Waals surface area contributed by atoms with Crippen molar-refractivity contribution in [3.8, 4) is 23.0 Å². The molecule has 188 valence electrons. The highest BCUT2D eigenvalue weighted by Crippen LogP contribution is 2.59. The number of methoxy groups -OCH3 is 4. The fraction of sp³-hybridized carbons (Fsp3) is 0.462. The Morgan fingerprint density at radius 1 is 0.857 bits per heavy atom. The minimum atomic E-state index is -1.23. The van der Waals surface area contributed by atoms with Gasteiger partial charge in [0.2, 0.25) is 0 Å². The van der Waals surface area contributed by atoms with E-state index < -0.39 is 23.6 Å². The third kappa shape index (κ3) is 4.14. The molecule has 1 aliphatic carbocycles. The third-order valence-corrected chi connectivity index (χ3v) is 6.72. The molecule has 0 aromatic heterocycles. The minimum Gasteiger partial charge on any atom is -0.493 e. The van der Waals surface area contributed by atoms with Crippen LogP contribution in [0.15, 0.2) is 30.3 Å². The highest BCUT2D eigenvalue weighted by molar-refractivity contribution is 5.68. The van der Waals surface area contributed by atoms with Crippen LogP contribution in [0.2, 0.25) is 0 Å². The normalized spacial score (nSPS) is 24.2. The molecule has 2 aliphatic rings. The van der Waals surface area contributed by atoms with Gasteiger partial charge >= 0.3 is 11.9 Å². The van der Waals surface area contributed by atoms with Crippen molar-refractivity contribution in [1.82, 2.24) is 0 Å². The summed E-state index contributed by atoms with van der Waals surface area (Å²) in [5, 5.41) is 0. The molecule has 9 heteroatoms. The first kappa shape index (κ1) is 24.7. The van der Waals surface area contributed by atoms with Crippen LogP contribution in [-0.2, 0) is 23.8 Å². The maximum Gasteiger partial charge on any atom is 0.303 e. The van der Waals surface area contributed by atoms with Crippen molar-refractivity contribution in [2.24, 2.45) is 5.92 Å². The molecule has 9 nitrogen and oxygen atoms in total. The predicted molar refractivity (Wildman–Crippen MR) is 124 cm³/mol. The monoisotopic (exact) mass is 486 g/mol. The molecule has 2 aromatic rings. The number of carbonyl (C=O) groups is 2. The average molecular weight is 487 g/mol. The second-order valence-electron chi connectivity index (χ2n) is 8.58. The zero-order valence-electron chi connectivity index (χ0n) is 20.7. The van der Waals surface area contributed by atoms with Crippen molar-refractivity contribution in [3.63, 3.8) is 0 Å². The zero-order valence-corrected chi connectivity index (χ0v) is 20.7. The largest absolute Gasteiger partial charge is 0.493 e. The molecule has 1 aliphatic heterocycles. The number of carbonyl (C=O) groups excluding carboxylic acids is 2. The molecule has 1 fully saturated rings. The van der Waals surface area contributed by atoms with Crippen LogP contribution < -0.4 is 18.9 Å². The Morgan fingerprint density at radius 3 is 2.03 bits per heavy atom. The molecule has 0 amide bonds. The van der Waals surface area contributed by atoms with E-state index in [-0.39, 0.29) is 25.0 Å². The lowest BCUT2D eigenvalue weighted by Gasteiger charge is -2.45. The second kappa shape index (κ2) is 9.65. The van der Waals surface area contributed by atoms with E-state index in [1.165, 1.54) is 13.8 Å². The van der Waals surface area contributed by atoms with Gasteiger partial charge in [0.1, 0.15) is 12.7 Å². The van der Waals surface area contributed by atoms with Crippen LogP contribution in [0.1, 0.15) is 42.6 Å². The number of hydrogen-bond donors (Lipinski definition) is 0. The van der Waals surface area contributed by atoms with Crippen molar-refractivity contribution in [2.45, 2.75) is 31.5 Å². The standard InChI is InChI=1S/C26H30O9/c1-14(27)34-13-26(35-15(2)28)19-12-33-25(26)18-11-23(32-6)22(31-5)10-17(18)24(19)16-7-8-20(29-3)21(9-16)30-4/h7-11,19,24-25H,12-13H2,1-6H3/t19-,24-,25+,26-/m1/s1. The first-order valence-corrected chi connectivity index (χ1v) is 11.2. The quantitative estimate of drug-likeness (QED) is 0.520. The SMILES string of the molecule is COc1ccc([C@@H]2c3cc(OC)c(OC)cc3[C@@H]3OC[C@H]2[C@@]3(COC(C)=O)OC(C)=O)cc1OC. The minimum absolute atomic E-state index is 0.144. The number of fused-ring (bicyclic) bond motifs is 4. The molecule has 0 radical (unpaired) electrons. The van der Waals surface area contributed by atoms with E-state index in [0.717, 1.165) is 16.7 Å². The van der Waals surface area contributed by atoms with Crippen molar-refractivity contribution in [3.05, 3.63) is 47.0 Å². The van der Waals surface area contributed by atoms with Gasteiger partial charge in [0.05, 0.1) is 35.0 Å². The summed E-state index contributed by atoms with van der Waals surface area (Å²) in [5.74, 6) is 0.589. The highest BCUT2D eigenvalue weighted by atomic mass is 16.6. The Kier molecular flexibility index (Phi) is 6.80. The summed E-state index contributed by atoms with van der Waals surface area (Å²) in [6, 6.07) is 9.42. The van der Waals surface area contributed by atoms with Gasteiger partial charge in [0, 0.05) is 25.7 Å². The lowest BCUT2D eigenvalue weighted by molar-refractivity contribution is -0.186. The lowest BCUT2D eigenvalue weighted by atomic mass is 9.64. The molecule has 1 heterocycles. The first-order chi connectivity index (χ1) is 16.8. The van der Waals surface area contributed by atoms with E-state index in [1.807, 2.05) is 30.3 Å². The van der Waals surface area contributed by atoms with E-state index in [0.29, 0.717) is 23.0 Å². The third-order valence-electron chi connectivity index (χ3n) is 6.72. The molecule has 4 rings (SSSR count). The number of hydrogen-bond acceptors (Lipinski definition) is 9. The average Bonchev–Trinajstić information content (AvgIpc) is 3.09. The second-order valence-corrected chi connectivity index (χ2v) is 8.58. The van der Waals surface area contributed by atoms with E-state index in [4.69, 9.17) is 33.2 Å². The topological polar surface area (TPSA) is 98.8 Å². The molecule has 2 bridgehead atoms. The fourth-order valence-electron chi connectivity index (χ4n) is 5.31. The Bertz CT molecular complexity index is 1130. The molecule has 0 saturated carbocycles. The Morgan fingerprint density at radius 2 is 1.46 bits per heavy atom. The summed E-state index contributed by atoms with van der Waals surface area (Å²) in [6.07, 6.45) is -0.665. The van der Waals surface area contributed by atoms with Gasteiger partial charge in [0.15, 0.2) is 28.6 Å². The van der Waals surface area contributed by atoms with Gasteiger partial charge in [-0.15, -0.1) is 0 Å². The van der Waals surface area contributed by atoms with Crippen LogP contribution in [-0.4, -0.2) is 59.2 Å². The molecule has 2 aromatic carbocycles. The van der Waals surface area contributed by atoms with Gasteiger partial charge in [0.25, 0.3) is 0 Å². The highest BCUT2D eigenvalue weighted by Gasteiger charge is 2.63. The summed E-state index contributed by atoms with van der Waals surface area (Å²) >= 11 is 0. The number of rotatable bonds is 8. The summed E-state index contributed by atoms with van der Waals surface area (Å²) in [4.78, 5) is 24.2. The van der Waals surface area contributed by atoms with Crippen LogP contribution in [0.4, 0.5) is 0 Å². The zero-order chi connectivity index (χ0) is 25.3. The summed E-state index contributed by atoms with van der Waals surface area (Å²) in [7, 11) is 6.27. The maximum absolute atomic E-state index is 12.3. The summed E-state index contributed by atoms with van der Waals surface area (Å²) in [5.41, 5.74) is 1.36. The van der Waals surface area contributed by atoms with Crippen LogP contribution in [0.5, 0.6) is 23.0 Å². The van der Waals surface area contributed by atoms with Gasteiger partial charge in [-0.2, -0.15) is 0 Å². The van der Waals surface area contributed by atoms with E-state index >= 15 is 0 Å². The van der Waals surface area contributed by atoms with Gasteiger partial charge in [-0.1, -0.05) is 6.07 Å². The molecule has 4 atom stereocenters. The number of esters is 2. The Hall–Kier alpha value is -3.46. The first-order valence-electron chi connectivity index (χ1n) is 11.2. The molecule has 35 heavy (non-hydrogen) atoms. The predicted octanol–water partition coefficient (Wildman–Crippen LogP) is 3.42. The number of ether oxygens (including phenoxy) is 7. The van der Waals surface area contributed by atoms with Gasteiger partial charge < -0.3 is 33.2 Å². The molecular formula is C26H30O9. The smallest absolute Gasteiger partial charge is 0.303 e. The van der Waals surface area contributed by atoms with Crippen LogP contribution in [0.3, 0.4) is 0 Å². The van der Waals surface area contributed by atoms with Gasteiger partial charge in [-0.3, -0.25) is 9.59 Å². The van der Waals surface area contributed by atoms with Gasteiger partial charge in [-0.05, 0) is 41.0 Å². The van der Waals surface area contributed by atoms with Crippen molar-refractivity contribution >= 4 is 11.9 Å². The summed E-state index contributed by atoms with van der Waals surface area (Å²) < 4.78 is 39.8. The molecule has 0 N–H and O–H groups in total. The Labute approximate surface area is 204 Å². The molecule has 1 saturated heterocycles. The van der Waals surface area contributed by atoms with Crippen LogP contribution >= 0.6 is 0 Å². The van der Waals surface area contributed by atoms with Crippen LogP contribution in [0.25, 0.3) is 0 Å². The van der Waals surface area contributed by atoms with E-state index in [1.54, 1.807) is 28.4 Å². The molecule has 0 unspecified atom stereocenters. The van der Waals surface area contributed by atoms with Crippen molar-refractivity contribution in [1.29, 1.82) is 0 Å². The van der Waals surface area contributed by atoms with Crippen LogP contribution in [0, 0.1) is 5.92 Å². The Balaban J connectivity index is 1.98. The van der Waals surface area contributed by atoms with E-state index in [9.17, 15) is 9.59 Å². The lowest BCUT2D eigenvalue weighted by Crippen LogP contribution is -2.52. The van der Waals surface area contributed by atoms with Gasteiger partial charge in [-0.25, -0.2) is 0 Å². The van der Waals surface area contributed by atoms with Crippen molar-refractivity contribution < 1.29 is 42.7 Å². The van der Waals surface area contributed by atoms with Crippen molar-refractivity contribution in [2.75, 3.05) is 41.7 Å². The molecule has 0 spiro atoms.